The molecule has 0 radical (unpaired) electrons. The summed E-state index contributed by atoms with van der Waals surface area (Å²) in [5.41, 5.74) is 1.27. The van der Waals surface area contributed by atoms with Gasteiger partial charge < -0.3 is 5.32 Å². The van der Waals surface area contributed by atoms with Crippen LogP contribution in [0.1, 0.15) is 20.8 Å². The molecule has 0 saturated heterocycles. The Hall–Kier alpha value is -1.48. The number of Topliss-reactive ketones (excluding diaryl/α,β-unsaturated/α-hetero) is 1. The van der Waals surface area contributed by atoms with Crippen molar-refractivity contribution in [3.63, 3.8) is 0 Å². The zero-order valence-electron chi connectivity index (χ0n) is 10.2. The smallest absolute Gasteiger partial charge is 0.159 e. The molecule has 0 aromatic heterocycles. The predicted molar refractivity (Wildman–Crippen MR) is 66.2 cm³/mol. The first-order valence-electron chi connectivity index (χ1n) is 5.16. The number of allylic oxidation sites excluding steroid dienone is 2. The second kappa shape index (κ2) is 6.90. The van der Waals surface area contributed by atoms with Crippen LogP contribution < -0.4 is 5.32 Å². The first-order chi connectivity index (χ1) is 7.38. The summed E-state index contributed by atoms with van der Waals surface area (Å²) < 4.78 is 0. The summed E-state index contributed by atoms with van der Waals surface area (Å²) >= 11 is 0. The lowest BCUT2D eigenvalue weighted by Gasteiger charge is -2.08. The van der Waals surface area contributed by atoms with Crippen LogP contribution in [0.15, 0.2) is 36.0 Å². The summed E-state index contributed by atoms with van der Waals surface area (Å²) in [6.07, 6.45) is 2.22. The minimum atomic E-state index is -0.206. The van der Waals surface area contributed by atoms with Gasteiger partial charge >= 0.3 is 0 Å². The van der Waals surface area contributed by atoms with Gasteiger partial charge in [0.05, 0.1) is 0 Å². The molecule has 0 aliphatic rings. The van der Waals surface area contributed by atoms with E-state index in [2.05, 4.69) is 18.5 Å². The summed E-state index contributed by atoms with van der Waals surface area (Å²) in [6, 6.07) is 0.348. The zero-order chi connectivity index (χ0) is 12.7. The molecule has 0 aromatic carbocycles. The van der Waals surface area contributed by atoms with Crippen LogP contribution in [0.25, 0.3) is 0 Å². The Kier molecular flexibility index (Phi) is 6.27. The van der Waals surface area contributed by atoms with E-state index in [1.54, 1.807) is 6.08 Å². The molecule has 3 nitrogen and oxygen atoms in total. The van der Waals surface area contributed by atoms with Crippen LogP contribution >= 0.6 is 0 Å². The Morgan fingerprint density at radius 2 is 1.94 bits per heavy atom. The average molecular weight is 221 g/mol. The van der Waals surface area contributed by atoms with Crippen molar-refractivity contribution in [2.45, 2.75) is 26.8 Å². The maximum atomic E-state index is 11.0. The van der Waals surface area contributed by atoms with Crippen LogP contribution in [-0.4, -0.2) is 24.7 Å². The topological polar surface area (TPSA) is 46.2 Å². The molecule has 0 bridgehead atoms. The Morgan fingerprint density at radius 1 is 1.38 bits per heavy atom. The highest BCUT2D eigenvalue weighted by atomic mass is 16.1. The first-order valence-corrected chi connectivity index (χ1v) is 5.16. The zero-order valence-corrected chi connectivity index (χ0v) is 10.2. The molecular weight excluding hydrogens is 202 g/mol. The summed E-state index contributed by atoms with van der Waals surface area (Å²) in [5, 5.41) is 3.17. The summed E-state index contributed by atoms with van der Waals surface area (Å²) in [7, 11) is 0. The van der Waals surface area contributed by atoms with Gasteiger partial charge in [0.15, 0.2) is 12.1 Å². The van der Waals surface area contributed by atoms with Gasteiger partial charge in [-0.15, -0.1) is 0 Å². The molecule has 1 N–H and O–H groups in total. The SMILES string of the molecule is C=C(/C=C(/C=O)C(=C)C(C)=O)CNC(C)C. The van der Waals surface area contributed by atoms with Gasteiger partial charge in [0.2, 0.25) is 0 Å². The van der Waals surface area contributed by atoms with Gasteiger partial charge in [-0.3, -0.25) is 9.59 Å². The van der Waals surface area contributed by atoms with E-state index in [1.807, 2.05) is 13.8 Å². The van der Waals surface area contributed by atoms with E-state index in [9.17, 15) is 9.59 Å². The van der Waals surface area contributed by atoms with Gasteiger partial charge in [-0.25, -0.2) is 0 Å². The van der Waals surface area contributed by atoms with E-state index in [1.165, 1.54) is 6.92 Å². The number of carbonyl (C=O) groups excluding carboxylic acids is 2. The van der Waals surface area contributed by atoms with Crippen molar-refractivity contribution in [3.05, 3.63) is 36.0 Å². The average Bonchev–Trinajstić information content (AvgIpc) is 2.21. The Balaban J connectivity index is 4.58. The van der Waals surface area contributed by atoms with Crippen molar-refractivity contribution in [2.24, 2.45) is 0 Å². The molecule has 0 spiro atoms. The van der Waals surface area contributed by atoms with Crippen LogP contribution in [0, 0.1) is 0 Å². The molecule has 88 valence electrons. The van der Waals surface area contributed by atoms with Gasteiger partial charge in [0.25, 0.3) is 0 Å². The molecule has 0 saturated carbocycles. The van der Waals surface area contributed by atoms with Gasteiger partial charge in [-0.2, -0.15) is 0 Å². The van der Waals surface area contributed by atoms with Crippen molar-refractivity contribution in [1.29, 1.82) is 0 Å². The molecule has 0 fully saturated rings. The Labute approximate surface area is 96.9 Å². The Bertz CT molecular complexity index is 338. The number of hydrogen-bond acceptors (Lipinski definition) is 3. The van der Waals surface area contributed by atoms with Gasteiger partial charge in [0, 0.05) is 23.7 Å². The van der Waals surface area contributed by atoms with Crippen molar-refractivity contribution >= 4 is 12.1 Å². The fraction of sp³-hybridized carbons (Fsp3) is 0.385. The second-order valence-corrected chi connectivity index (χ2v) is 3.95. The third-order valence-electron chi connectivity index (χ3n) is 2.00. The standard InChI is InChI=1S/C13H19NO2/c1-9(2)14-7-10(3)6-13(8-15)11(4)12(5)16/h6,8-9,14H,3-4,7H2,1-2,5H3/b13-6-. The quantitative estimate of drug-likeness (QED) is 0.405. The largest absolute Gasteiger partial charge is 0.310 e. The molecular formula is C13H19NO2. The monoisotopic (exact) mass is 221 g/mol. The number of nitrogens with one attached hydrogen (secondary N) is 1. The lowest BCUT2D eigenvalue weighted by Crippen LogP contribution is -2.24. The summed E-state index contributed by atoms with van der Waals surface area (Å²) in [4.78, 5) is 21.8. The van der Waals surface area contributed by atoms with Crippen molar-refractivity contribution in [2.75, 3.05) is 6.54 Å². The van der Waals surface area contributed by atoms with Crippen molar-refractivity contribution < 1.29 is 9.59 Å². The van der Waals surface area contributed by atoms with Gasteiger partial charge in [-0.1, -0.05) is 27.0 Å². The van der Waals surface area contributed by atoms with E-state index in [-0.39, 0.29) is 11.4 Å². The molecule has 0 aliphatic heterocycles. The highest BCUT2D eigenvalue weighted by Crippen LogP contribution is 2.08. The van der Waals surface area contributed by atoms with Crippen molar-refractivity contribution in [3.8, 4) is 0 Å². The molecule has 0 amide bonds. The minimum absolute atomic E-state index is 0.206. The summed E-state index contributed by atoms with van der Waals surface area (Å²) in [5.74, 6) is -0.206. The van der Waals surface area contributed by atoms with E-state index in [0.29, 0.717) is 24.4 Å². The van der Waals surface area contributed by atoms with Crippen LogP contribution in [-0.2, 0) is 9.59 Å². The molecule has 0 atom stereocenters. The maximum Gasteiger partial charge on any atom is 0.159 e. The van der Waals surface area contributed by atoms with Crippen LogP contribution in [0.4, 0.5) is 0 Å². The first kappa shape index (κ1) is 14.5. The second-order valence-electron chi connectivity index (χ2n) is 3.95. The third kappa shape index (κ3) is 5.41. The number of hydrogen-bond donors (Lipinski definition) is 1. The molecule has 0 aromatic rings. The normalized spacial score (nSPS) is 11.4. The number of ketones is 1. The molecule has 0 aliphatic carbocycles. The minimum Gasteiger partial charge on any atom is -0.310 e. The molecule has 3 heteroatoms. The number of carbonyl (C=O) groups is 2. The summed E-state index contributed by atoms with van der Waals surface area (Å²) in [6.45, 7) is 13.4. The van der Waals surface area contributed by atoms with E-state index >= 15 is 0 Å². The van der Waals surface area contributed by atoms with E-state index in [0.717, 1.165) is 5.57 Å². The van der Waals surface area contributed by atoms with Crippen LogP contribution in [0.2, 0.25) is 0 Å². The van der Waals surface area contributed by atoms with Gasteiger partial charge in [0.1, 0.15) is 0 Å². The number of rotatable bonds is 7. The van der Waals surface area contributed by atoms with Gasteiger partial charge in [-0.05, 0) is 18.6 Å². The van der Waals surface area contributed by atoms with Crippen molar-refractivity contribution in [1.82, 2.24) is 5.32 Å². The van der Waals surface area contributed by atoms with E-state index < -0.39 is 0 Å². The molecule has 16 heavy (non-hydrogen) atoms. The fourth-order valence-corrected chi connectivity index (χ4v) is 1.00. The highest BCUT2D eigenvalue weighted by molar-refractivity contribution is 6.04. The fourth-order valence-electron chi connectivity index (χ4n) is 1.00. The molecule has 0 heterocycles. The maximum absolute atomic E-state index is 11.0. The predicted octanol–water partition coefficient (Wildman–Crippen LogP) is 1.81. The van der Waals surface area contributed by atoms with Crippen LogP contribution in [0.5, 0.6) is 0 Å². The Morgan fingerprint density at radius 3 is 2.31 bits per heavy atom. The number of aldehydes is 1. The molecule has 0 rings (SSSR count). The lowest BCUT2D eigenvalue weighted by molar-refractivity contribution is -0.114. The lowest BCUT2D eigenvalue weighted by atomic mass is 10.0. The van der Waals surface area contributed by atoms with E-state index in [4.69, 9.17) is 0 Å². The highest BCUT2D eigenvalue weighted by Gasteiger charge is 2.07. The third-order valence-corrected chi connectivity index (χ3v) is 2.00. The van der Waals surface area contributed by atoms with Crippen LogP contribution in [0.3, 0.4) is 0 Å². The molecule has 0 unspecified atom stereocenters.